The second kappa shape index (κ2) is 6.86. The van der Waals surface area contributed by atoms with Crippen LogP contribution < -0.4 is 0 Å². The van der Waals surface area contributed by atoms with Gasteiger partial charge >= 0.3 is 0 Å². The van der Waals surface area contributed by atoms with Gasteiger partial charge in [0.25, 0.3) is 5.91 Å². The number of piperidine rings is 1. The van der Waals surface area contributed by atoms with Gasteiger partial charge < -0.3 is 9.15 Å². The molecule has 0 N–H and O–H groups in total. The fourth-order valence-corrected chi connectivity index (χ4v) is 4.16. The van der Waals surface area contributed by atoms with E-state index in [0.717, 1.165) is 56.9 Å². The number of furan rings is 1. The Balaban J connectivity index is 1.47. The zero-order chi connectivity index (χ0) is 16.5. The van der Waals surface area contributed by atoms with Crippen molar-refractivity contribution in [2.24, 2.45) is 5.92 Å². The molecule has 1 aromatic heterocycles. The minimum Gasteiger partial charge on any atom is -0.465 e. The Morgan fingerprint density at radius 1 is 1.29 bits per heavy atom. The third-order valence-corrected chi connectivity index (χ3v) is 5.37. The van der Waals surface area contributed by atoms with Crippen molar-refractivity contribution in [2.45, 2.75) is 51.3 Å². The standard InChI is InChI=1S/C18H26N2O4/c1-13-4-5-15(24-13)12-19-11-14(10-17-16(19)6-9-22-17)18(21)20-7-2-3-8-23-20/h4-5,14,16-17H,2-3,6-12H2,1H3/t14-,16+,17+/m0/s1. The van der Waals surface area contributed by atoms with Crippen molar-refractivity contribution in [1.82, 2.24) is 9.96 Å². The molecule has 4 heterocycles. The summed E-state index contributed by atoms with van der Waals surface area (Å²) in [5.41, 5.74) is 0. The van der Waals surface area contributed by atoms with Crippen LogP contribution in [0.15, 0.2) is 16.5 Å². The molecule has 0 saturated carbocycles. The highest BCUT2D eigenvalue weighted by Crippen LogP contribution is 2.33. The Kier molecular flexibility index (Phi) is 4.61. The van der Waals surface area contributed by atoms with Crippen LogP contribution in [0.5, 0.6) is 0 Å². The minimum absolute atomic E-state index is 0.0569. The monoisotopic (exact) mass is 334 g/mol. The molecule has 0 unspecified atom stereocenters. The zero-order valence-corrected chi connectivity index (χ0v) is 14.3. The van der Waals surface area contributed by atoms with Gasteiger partial charge in [-0.2, -0.15) is 0 Å². The quantitative estimate of drug-likeness (QED) is 0.847. The fourth-order valence-electron chi connectivity index (χ4n) is 4.16. The third kappa shape index (κ3) is 3.23. The number of ether oxygens (including phenoxy) is 1. The van der Waals surface area contributed by atoms with Crippen LogP contribution in [0.3, 0.4) is 0 Å². The highest BCUT2D eigenvalue weighted by atomic mass is 16.7. The van der Waals surface area contributed by atoms with E-state index in [4.69, 9.17) is 14.0 Å². The number of hydrogen-bond acceptors (Lipinski definition) is 5. The van der Waals surface area contributed by atoms with Gasteiger partial charge in [-0.1, -0.05) is 0 Å². The SMILES string of the molecule is Cc1ccc(CN2C[C@@H](C(=O)N3CCCCO3)C[C@H]3OCC[C@H]32)o1. The van der Waals surface area contributed by atoms with E-state index in [9.17, 15) is 4.79 Å². The maximum absolute atomic E-state index is 12.8. The lowest BCUT2D eigenvalue weighted by atomic mass is 9.89. The van der Waals surface area contributed by atoms with Gasteiger partial charge in [-0.3, -0.25) is 14.5 Å². The van der Waals surface area contributed by atoms with Gasteiger partial charge in [-0.05, 0) is 44.7 Å². The van der Waals surface area contributed by atoms with Crippen LogP contribution in [0, 0.1) is 12.8 Å². The molecule has 6 nitrogen and oxygen atoms in total. The average Bonchev–Trinajstić information content (AvgIpc) is 3.24. The molecule has 3 aliphatic heterocycles. The molecule has 0 spiro atoms. The molecule has 3 aliphatic rings. The van der Waals surface area contributed by atoms with Crippen molar-refractivity contribution in [1.29, 1.82) is 0 Å². The fraction of sp³-hybridized carbons (Fsp3) is 0.722. The molecule has 3 fully saturated rings. The van der Waals surface area contributed by atoms with E-state index in [1.807, 2.05) is 19.1 Å². The predicted octanol–water partition coefficient (Wildman–Crippen LogP) is 2.12. The van der Waals surface area contributed by atoms with Gasteiger partial charge in [0.1, 0.15) is 11.5 Å². The van der Waals surface area contributed by atoms with Gasteiger partial charge in [0.15, 0.2) is 0 Å². The van der Waals surface area contributed by atoms with E-state index in [2.05, 4.69) is 4.90 Å². The van der Waals surface area contributed by atoms with Crippen molar-refractivity contribution < 1.29 is 18.8 Å². The second-order valence-electron chi connectivity index (χ2n) is 7.12. The number of aryl methyl sites for hydroxylation is 1. The van der Waals surface area contributed by atoms with Crippen molar-refractivity contribution in [2.75, 3.05) is 26.3 Å². The molecule has 6 heteroatoms. The van der Waals surface area contributed by atoms with Gasteiger partial charge in [-0.15, -0.1) is 0 Å². The molecule has 1 aromatic rings. The van der Waals surface area contributed by atoms with Crippen LogP contribution in [0.4, 0.5) is 0 Å². The molecule has 0 bridgehead atoms. The predicted molar refractivity (Wildman–Crippen MR) is 87.0 cm³/mol. The number of carbonyl (C=O) groups excluding carboxylic acids is 1. The van der Waals surface area contributed by atoms with Crippen LogP contribution in [-0.4, -0.2) is 54.3 Å². The number of amides is 1. The highest BCUT2D eigenvalue weighted by molar-refractivity contribution is 5.78. The van der Waals surface area contributed by atoms with Gasteiger partial charge in [0.05, 0.1) is 25.2 Å². The maximum atomic E-state index is 12.8. The summed E-state index contributed by atoms with van der Waals surface area (Å²) >= 11 is 0. The molecule has 0 aliphatic carbocycles. The lowest BCUT2D eigenvalue weighted by Gasteiger charge is -2.41. The summed E-state index contributed by atoms with van der Waals surface area (Å²) in [6.45, 7) is 5.59. The smallest absolute Gasteiger partial charge is 0.250 e. The first-order valence-corrected chi connectivity index (χ1v) is 9.06. The summed E-state index contributed by atoms with van der Waals surface area (Å²) < 4.78 is 11.7. The summed E-state index contributed by atoms with van der Waals surface area (Å²) in [6.07, 6.45) is 4.04. The first-order chi connectivity index (χ1) is 11.7. The zero-order valence-electron chi connectivity index (χ0n) is 14.3. The molecule has 4 rings (SSSR count). The van der Waals surface area contributed by atoms with Crippen molar-refractivity contribution >= 4 is 5.91 Å². The topological polar surface area (TPSA) is 55.2 Å². The average molecular weight is 334 g/mol. The van der Waals surface area contributed by atoms with Crippen LogP contribution in [0.25, 0.3) is 0 Å². The van der Waals surface area contributed by atoms with Gasteiger partial charge in [-0.25, -0.2) is 5.06 Å². The first-order valence-electron chi connectivity index (χ1n) is 9.06. The maximum Gasteiger partial charge on any atom is 0.250 e. The molecule has 0 radical (unpaired) electrons. The summed E-state index contributed by atoms with van der Waals surface area (Å²) in [5, 5.41) is 1.58. The molecule has 1 amide bonds. The summed E-state index contributed by atoms with van der Waals surface area (Å²) in [4.78, 5) is 20.8. The molecular formula is C18H26N2O4. The summed E-state index contributed by atoms with van der Waals surface area (Å²) in [5.74, 6) is 1.94. The van der Waals surface area contributed by atoms with Crippen LogP contribution in [0.2, 0.25) is 0 Å². The van der Waals surface area contributed by atoms with Gasteiger partial charge in [0, 0.05) is 25.7 Å². The van der Waals surface area contributed by atoms with Crippen molar-refractivity contribution in [3.05, 3.63) is 23.7 Å². The summed E-state index contributed by atoms with van der Waals surface area (Å²) in [7, 11) is 0. The summed E-state index contributed by atoms with van der Waals surface area (Å²) in [6, 6.07) is 4.41. The van der Waals surface area contributed by atoms with E-state index in [0.29, 0.717) is 19.2 Å². The van der Waals surface area contributed by atoms with Crippen molar-refractivity contribution in [3.63, 3.8) is 0 Å². The molecule has 0 aromatic carbocycles. The lowest BCUT2D eigenvalue weighted by Crippen LogP contribution is -2.53. The number of rotatable bonds is 3. The molecular weight excluding hydrogens is 308 g/mol. The number of fused-ring (bicyclic) bond motifs is 1. The Hall–Kier alpha value is -1.37. The van der Waals surface area contributed by atoms with Crippen LogP contribution in [0.1, 0.15) is 37.2 Å². The molecule has 3 atom stereocenters. The highest BCUT2D eigenvalue weighted by Gasteiger charge is 2.43. The normalized spacial score (nSPS) is 31.2. The second-order valence-corrected chi connectivity index (χ2v) is 7.12. The Morgan fingerprint density at radius 2 is 2.21 bits per heavy atom. The Morgan fingerprint density at radius 3 is 2.96 bits per heavy atom. The van der Waals surface area contributed by atoms with Crippen LogP contribution in [-0.2, 0) is 20.9 Å². The Labute approximate surface area is 142 Å². The molecule has 24 heavy (non-hydrogen) atoms. The number of carbonyl (C=O) groups is 1. The molecule has 3 saturated heterocycles. The number of hydrogen-bond donors (Lipinski definition) is 0. The van der Waals surface area contributed by atoms with Crippen LogP contribution >= 0.6 is 0 Å². The lowest BCUT2D eigenvalue weighted by molar-refractivity contribution is -0.204. The first kappa shape index (κ1) is 16.1. The van der Waals surface area contributed by atoms with E-state index in [1.54, 1.807) is 5.06 Å². The van der Waals surface area contributed by atoms with E-state index in [1.165, 1.54) is 0 Å². The minimum atomic E-state index is -0.0569. The number of likely N-dealkylation sites (tertiary alicyclic amines) is 1. The van der Waals surface area contributed by atoms with Crippen molar-refractivity contribution in [3.8, 4) is 0 Å². The van der Waals surface area contributed by atoms with E-state index < -0.39 is 0 Å². The Bertz CT molecular complexity index is 581. The van der Waals surface area contributed by atoms with E-state index in [-0.39, 0.29) is 17.9 Å². The largest absolute Gasteiger partial charge is 0.465 e. The number of nitrogens with zero attached hydrogens (tertiary/aromatic N) is 2. The number of hydroxylamine groups is 2. The van der Waals surface area contributed by atoms with Gasteiger partial charge in [0.2, 0.25) is 0 Å². The molecule has 132 valence electrons. The third-order valence-electron chi connectivity index (χ3n) is 5.37. The van der Waals surface area contributed by atoms with E-state index >= 15 is 0 Å².